The smallest absolute Gasteiger partial charge is 0.273 e. The molecular weight excluding hydrogens is 503 g/mol. The first-order valence-corrected chi connectivity index (χ1v) is 10.7. The Balaban J connectivity index is 1.56. The van der Waals surface area contributed by atoms with E-state index in [4.69, 9.17) is 4.84 Å². The third-order valence-corrected chi connectivity index (χ3v) is 6.18. The average Bonchev–Trinajstić information content (AvgIpc) is 3.30. The molecule has 33 heavy (non-hydrogen) atoms. The van der Waals surface area contributed by atoms with Crippen molar-refractivity contribution in [2.24, 2.45) is 5.92 Å². The number of pyridine rings is 1. The molecule has 2 fully saturated rings. The molecule has 3 unspecified atom stereocenters. The SMILES string of the molecule is O=C1C2ON(c3ccc(Br)cc3)C(c3cccnc3)C2C(=O)N1c1cccc(C(F)(F)F)c1. The molecule has 0 saturated carbocycles. The molecule has 0 N–H and O–H groups in total. The van der Waals surface area contributed by atoms with Crippen LogP contribution < -0.4 is 9.96 Å². The monoisotopic (exact) mass is 517 g/mol. The number of aromatic nitrogens is 1. The summed E-state index contributed by atoms with van der Waals surface area (Å²) < 4.78 is 40.4. The summed E-state index contributed by atoms with van der Waals surface area (Å²) in [5.74, 6) is -2.30. The number of nitrogens with zero attached hydrogens (tertiary/aromatic N) is 3. The first kappa shape index (κ1) is 21.6. The van der Waals surface area contributed by atoms with Crippen molar-refractivity contribution in [3.8, 4) is 0 Å². The number of amides is 2. The number of benzene rings is 2. The predicted molar refractivity (Wildman–Crippen MR) is 116 cm³/mol. The van der Waals surface area contributed by atoms with Crippen molar-refractivity contribution in [1.82, 2.24) is 4.98 Å². The molecule has 3 aromatic rings. The van der Waals surface area contributed by atoms with Crippen LogP contribution >= 0.6 is 15.9 Å². The number of anilines is 2. The first-order valence-electron chi connectivity index (χ1n) is 9.92. The van der Waals surface area contributed by atoms with E-state index in [1.807, 2.05) is 0 Å². The summed E-state index contributed by atoms with van der Waals surface area (Å²) in [5, 5.41) is 1.50. The second kappa shape index (κ2) is 7.96. The van der Waals surface area contributed by atoms with Crippen LogP contribution in [-0.2, 0) is 20.6 Å². The maximum atomic E-state index is 13.5. The largest absolute Gasteiger partial charge is 0.416 e. The summed E-state index contributed by atoms with van der Waals surface area (Å²) in [6.45, 7) is 0. The van der Waals surface area contributed by atoms with Crippen molar-refractivity contribution < 1.29 is 27.6 Å². The second-order valence-electron chi connectivity index (χ2n) is 7.65. The van der Waals surface area contributed by atoms with Gasteiger partial charge in [0, 0.05) is 16.9 Å². The molecule has 6 nitrogen and oxygen atoms in total. The van der Waals surface area contributed by atoms with Crippen molar-refractivity contribution >= 4 is 39.1 Å². The third-order valence-electron chi connectivity index (χ3n) is 5.65. The number of rotatable bonds is 3. The topological polar surface area (TPSA) is 62.7 Å². The summed E-state index contributed by atoms with van der Waals surface area (Å²) in [6, 6.07) is 14.1. The van der Waals surface area contributed by atoms with E-state index < -0.39 is 41.6 Å². The van der Waals surface area contributed by atoms with Gasteiger partial charge in [0.2, 0.25) is 5.91 Å². The molecule has 1 aromatic heterocycles. The number of alkyl halides is 3. The molecule has 168 valence electrons. The predicted octanol–water partition coefficient (Wildman–Crippen LogP) is 4.91. The molecular formula is C23H15BrF3N3O3. The van der Waals surface area contributed by atoms with Crippen molar-refractivity contribution in [1.29, 1.82) is 0 Å². The maximum absolute atomic E-state index is 13.5. The number of imide groups is 1. The van der Waals surface area contributed by atoms with E-state index >= 15 is 0 Å². The Morgan fingerprint density at radius 1 is 0.939 bits per heavy atom. The fourth-order valence-corrected chi connectivity index (χ4v) is 4.46. The van der Waals surface area contributed by atoms with Crippen LogP contribution in [0.4, 0.5) is 24.5 Å². The van der Waals surface area contributed by atoms with Gasteiger partial charge in [-0.3, -0.25) is 19.4 Å². The summed E-state index contributed by atoms with van der Waals surface area (Å²) in [4.78, 5) is 37.6. The van der Waals surface area contributed by atoms with Crippen LogP contribution in [0.15, 0.2) is 77.5 Å². The van der Waals surface area contributed by atoms with Gasteiger partial charge in [-0.05, 0) is 54.1 Å². The van der Waals surface area contributed by atoms with E-state index in [0.717, 1.165) is 21.5 Å². The number of fused-ring (bicyclic) bond motifs is 1. The highest BCUT2D eigenvalue weighted by atomic mass is 79.9. The minimum Gasteiger partial charge on any atom is -0.273 e. The maximum Gasteiger partial charge on any atom is 0.416 e. The lowest BCUT2D eigenvalue weighted by molar-refractivity contribution is -0.137. The van der Waals surface area contributed by atoms with Crippen molar-refractivity contribution in [3.63, 3.8) is 0 Å². The number of hydrogen-bond acceptors (Lipinski definition) is 5. The standard InChI is InChI=1S/C23H15BrF3N3O3/c24-15-6-8-16(9-7-15)30-19(13-3-2-10-28-12-13)18-20(33-30)22(32)29(21(18)31)17-5-1-4-14(11-17)23(25,26)27/h1-12,18-20H. The van der Waals surface area contributed by atoms with Gasteiger partial charge in [-0.15, -0.1) is 0 Å². The lowest BCUT2D eigenvalue weighted by Gasteiger charge is -2.28. The number of carbonyl (C=O) groups is 2. The zero-order valence-corrected chi connectivity index (χ0v) is 18.3. The summed E-state index contributed by atoms with van der Waals surface area (Å²) in [5.41, 5.74) is 0.171. The molecule has 2 aromatic carbocycles. The van der Waals surface area contributed by atoms with Gasteiger partial charge in [-0.25, -0.2) is 9.96 Å². The lowest BCUT2D eigenvalue weighted by atomic mass is 9.91. The van der Waals surface area contributed by atoms with E-state index in [-0.39, 0.29) is 5.69 Å². The molecule has 2 aliphatic heterocycles. The first-order chi connectivity index (χ1) is 15.8. The quantitative estimate of drug-likeness (QED) is 0.461. The Morgan fingerprint density at radius 3 is 2.36 bits per heavy atom. The summed E-state index contributed by atoms with van der Waals surface area (Å²) >= 11 is 3.37. The normalized spacial score (nSPS) is 22.7. The Labute approximate surface area is 194 Å². The molecule has 3 heterocycles. The molecule has 0 radical (unpaired) electrons. The zero-order valence-electron chi connectivity index (χ0n) is 16.7. The van der Waals surface area contributed by atoms with Gasteiger partial charge in [-0.2, -0.15) is 13.2 Å². The number of carbonyl (C=O) groups excluding carboxylic acids is 2. The van der Waals surface area contributed by atoms with Gasteiger partial charge in [0.05, 0.1) is 23.0 Å². The van der Waals surface area contributed by atoms with Crippen LogP contribution in [0.5, 0.6) is 0 Å². The van der Waals surface area contributed by atoms with Crippen LogP contribution in [0, 0.1) is 5.92 Å². The highest BCUT2D eigenvalue weighted by Crippen LogP contribution is 2.47. The van der Waals surface area contributed by atoms with Gasteiger partial charge >= 0.3 is 6.18 Å². The Morgan fingerprint density at radius 2 is 1.70 bits per heavy atom. The molecule has 0 bridgehead atoms. The molecule has 2 aliphatic rings. The number of hydroxylamine groups is 1. The minimum absolute atomic E-state index is 0.141. The molecule has 0 spiro atoms. The van der Waals surface area contributed by atoms with Crippen LogP contribution in [0.25, 0.3) is 0 Å². The van der Waals surface area contributed by atoms with E-state index in [1.165, 1.54) is 17.2 Å². The van der Waals surface area contributed by atoms with Gasteiger partial charge < -0.3 is 0 Å². The molecule has 2 saturated heterocycles. The van der Waals surface area contributed by atoms with Gasteiger partial charge in [0.25, 0.3) is 5.91 Å². The number of hydrogen-bond donors (Lipinski definition) is 0. The van der Waals surface area contributed by atoms with E-state index in [0.29, 0.717) is 11.3 Å². The molecule has 5 rings (SSSR count). The van der Waals surface area contributed by atoms with E-state index in [9.17, 15) is 22.8 Å². The second-order valence-corrected chi connectivity index (χ2v) is 8.56. The highest BCUT2D eigenvalue weighted by molar-refractivity contribution is 9.10. The number of halogens is 4. The summed E-state index contributed by atoms with van der Waals surface area (Å²) in [7, 11) is 0. The van der Waals surface area contributed by atoms with Crippen molar-refractivity contribution in [2.75, 3.05) is 9.96 Å². The van der Waals surface area contributed by atoms with Crippen LogP contribution in [-0.4, -0.2) is 22.9 Å². The Bertz CT molecular complexity index is 1220. The van der Waals surface area contributed by atoms with Gasteiger partial charge in [0.15, 0.2) is 6.10 Å². The lowest BCUT2D eigenvalue weighted by Crippen LogP contribution is -2.37. The van der Waals surface area contributed by atoms with Crippen LogP contribution in [0.3, 0.4) is 0 Å². The highest BCUT2D eigenvalue weighted by Gasteiger charge is 2.60. The molecule has 10 heteroatoms. The Kier molecular flexibility index (Phi) is 5.21. The van der Waals surface area contributed by atoms with Crippen LogP contribution in [0.1, 0.15) is 17.2 Å². The average molecular weight is 518 g/mol. The fraction of sp³-hybridized carbons (Fsp3) is 0.174. The van der Waals surface area contributed by atoms with Gasteiger partial charge in [0.1, 0.15) is 5.92 Å². The summed E-state index contributed by atoms with van der Waals surface area (Å²) in [6.07, 6.45) is -2.63. The molecule has 0 aliphatic carbocycles. The fourth-order valence-electron chi connectivity index (χ4n) is 4.19. The Hall–Kier alpha value is -3.24. The van der Waals surface area contributed by atoms with Crippen LogP contribution in [0.2, 0.25) is 0 Å². The molecule has 3 atom stereocenters. The third kappa shape index (κ3) is 3.68. The van der Waals surface area contributed by atoms with Gasteiger partial charge in [-0.1, -0.05) is 28.1 Å². The van der Waals surface area contributed by atoms with E-state index in [1.54, 1.807) is 48.8 Å². The molecule has 2 amide bonds. The minimum atomic E-state index is -4.61. The zero-order chi connectivity index (χ0) is 23.3. The van der Waals surface area contributed by atoms with E-state index in [2.05, 4.69) is 20.9 Å². The van der Waals surface area contributed by atoms with Crippen molar-refractivity contribution in [3.05, 3.63) is 88.7 Å². The van der Waals surface area contributed by atoms with Crippen molar-refractivity contribution in [2.45, 2.75) is 18.3 Å².